The van der Waals surface area contributed by atoms with E-state index in [1.54, 1.807) is 0 Å². The maximum atomic E-state index is 11.7. The number of carbonyl (C=O) groups excluding carboxylic acids is 1. The molecule has 0 radical (unpaired) electrons. The van der Waals surface area contributed by atoms with E-state index >= 15 is 0 Å². The van der Waals surface area contributed by atoms with Gasteiger partial charge in [-0.25, -0.2) is 15.1 Å². The molecule has 24 heavy (non-hydrogen) atoms. The van der Waals surface area contributed by atoms with E-state index < -0.39 is 35.7 Å². The van der Waals surface area contributed by atoms with Gasteiger partial charge in [0.15, 0.2) is 0 Å². The van der Waals surface area contributed by atoms with Crippen LogP contribution in [0.1, 0.15) is 18.2 Å². The molecular weight excluding hydrogens is 392 g/mol. The number of hydrogen-bond acceptors (Lipinski definition) is 7. The second kappa shape index (κ2) is 9.34. The van der Waals surface area contributed by atoms with E-state index in [4.69, 9.17) is 15.1 Å². The molecule has 7 N–H and O–H groups in total. The molecule has 0 aromatic carbocycles. The molecule has 3 atom stereocenters. The van der Waals surface area contributed by atoms with Gasteiger partial charge in [-0.05, 0) is 11.1 Å². The van der Waals surface area contributed by atoms with Crippen LogP contribution in [0.3, 0.4) is 0 Å². The number of hydroxylamine groups is 1. The Balaban J connectivity index is 0.000000505. The first-order valence-corrected chi connectivity index (χ1v) is 7.51. The quantitative estimate of drug-likeness (QED) is 0.262. The summed E-state index contributed by atoms with van der Waals surface area (Å²) in [6.07, 6.45) is 0.746. The molecule has 2 rings (SSSR count). The third-order valence-corrected chi connectivity index (χ3v) is 3.31. The van der Waals surface area contributed by atoms with E-state index in [9.17, 15) is 19.5 Å². The number of hydrogen-bond donors (Lipinski definition) is 6. The summed E-state index contributed by atoms with van der Waals surface area (Å²) in [5.41, 5.74) is 4.61. The summed E-state index contributed by atoms with van der Waals surface area (Å²) in [4.78, 5) is 36.1. The number of nitrogens with one attached hydrogen (secondary N) is 2. The van der Waals surface area contributed by atoms with Crippen LogP contribution in [0.25, 0.3) is 6.08 Å². The van der Waals surface area contributed by atoms with E-state index in [1.165, 1.54) is 27.3 Å². The zero-order valence-electron chi connectivity index (χ0n) is 12.3. The lowest BCUT2D eigenvalue weighted by Gasteiger charge is -2.14. The van der Waals surface area contributed by atoms with Crippen molar-refractivity contribution in [2.75, 3.05) is 6.61 Å². The Morgan fingerprint density at radius 3 is 2.67 bits per heavy atom. The summed E-state index contributed by atoms with van der Waals surface area (Å²) in [6.45, 7) is -0.329. The number of urea groups is 1. The monoisotopic (exact) mass is 408 g/mol. The first-order chi connectivity index (χ1) is 11.3. The van der Waals surface area contributed by atoms with Crippen LogP contribution < -0.4 is 22.5 Å². The highest BCUT2D eigenvalue weighted by molar-refractivity contribution is 9.11. The molecule has 2 heterocycles. The molecule has 0 unspecified atom stereocenters. The molecular formula is C12H17BrN4O7. The number of aliphatic hydroxyl groups excluding tert-OH is 2. The number of aliphatic hydroxyl groups is 2. The maximum Gasteiger partial charge on any atom is 0.335 e. The van der Waals surface area contributed by atoms with Gasteiger partial charge in [0.1, 0.15) is 12.3 Å². The van der Waals surface area contributed by atoms with Crippen LogP contribution in [0.2, 0.25) is 0 Å². The Labute approximate surface area is 143 Å². The van der Waals surface area contributed by atoms with Crippen molar-refractivity contribution in [3.05, 3.63) is 37.6 Å². The molecule has 134 valence electrons. The van der Waals surface area contributed by atoms with Crippen molar-refractivity contribution < 1.29 is 25.0 Å². The lowest BCUT2D eigenvalue weighted by atomic mass is 10.2. The number of rotatable bonds is 3. The van der Waals surface area contributed by atoms with E-state index in [2.05, 4.69) is 26.6 Å². The van der Waals surface area contributed by atoms with Gasteiger partial charge in [0.05, 0.1) is 18.3 Å². The molecule has 1 aliphatic heterocycles. The van der Waals surface area contributed by atoms with Gasteiger partial charge in [0.2, 0.25) is 0 Å². The minimum atomic E-state index is -0.940. The van der Waals surface area contributed by atoms with Gasteiger partial charge in [-0.3, -0.25) is 19.6 Å². The lowest BCUT2D eigenvalue weighted by Crippen LogP contribution is -2.33. The van der Waals surface area contributed by atoms with Crippen LogP contribution in [0, 0.1) is 0 Å². The van der Waals surface area contributed by atoms with Gasteiger partial charge >= 0.3 is 11.7 Å². The number of amides is 2. The zero-order valence-corrected chi connectivity index (χ0v) is 13.8. The fourth-order valence-corrected chi connectivity index (χ4v) is 2.24. The Bertz CT molecular complexity index is 701. The van der Waals surface area contributed by atoms with Gasteiger partial charge in [-0.2, -0.15) is 0 Å². The smallest absolute Gasteiger partial charge is 0.335 e. The van der Waals surface area contributed by atoms with Crippen molar-refractivity contribution in [1.82, 2.24) is 15.0 Å². The topological polar surface area (TPSA) is 180 Å². The highest BCUT2D eigenvalue weighted by atomic mass is 79.9. The number of nitrogens with two attached hydrogens (primary N) is 1. The molecule has 1 aliphatic rings. The van der Waals surface area contributed by atoms with E-state index in [1.807, 2.05) is 0 Å². The summed E-state index contributed by atoms with van der Waals surface area (Å²) in [5.74, 6) is 0. The first-order valence-electron chi connectivity index (χ1n) is 6.60. The number of halogens is 1. The molecule has 1 saturated heterocycles. The fraction of sp³-hybridized carbons (Fsp3) is 0.417. The summed E-state index contributed by atoms with van der Waals surface area (Å²) in [7, 11) is 0. The number of aromatic amines is 1. The number of primary amides is 1. The molecule has 1 fully saturated rings. The number of ether oxygens (including phenoxy) is 1. The van der Waals surface area contributed by atoms with Crippen LogP contribution in [0.4, 0.5) is 4.79 Å². The SMILES string of the molecule is NC(=O)NO.O=c1[nH]c(=O)n([C@H]2C[C@H](O)[C@@H](CO)O2)cc1/C=C/Br. The van der Waals surface area contributed by atoms with Crippen molar-refractivity contribution in [2.24, 2.45) is 5.73 Å². The van der Waals surface area contributed by atoms with Crippen molar-refractivity contribution in [3.8, 4) is 0 Å². The van der Waals surface area contributed by atoms with Crippen LogP contribution >= 0.6 is 15.9 Å². The Hall–Kier alpha value is -1.99. The molecule has 1 aromatic rings. The Kier molecular flexibility index (Phi) is 7.81. The minimum Gasteiger partial charge on any atom is -0.394 e. The molecule has 12 heteroatoms. The normalized spacial score (nSPS) is 22.9. The number of nitrogens with zero attached hydrogens (tertiary/aromatic N) is 1. The lowest BCUT2D eigenvalue weighted by molar-refractivity contribution is -0.0459. The van der Waals surface area contributed by atoms with Crippen molar-refractivity contribution >= 4 is 28.0 Å². The van der Waals surface area contributed by atoms with Crippen molar-refractivity contribution in [3.63, 3.8) is 0 Å². The predicted molar refractivity (Wildman–Crippen MR) is 85.4 cm³/mol. The van der Waals surface area contributed by atoms with Crippen molar-refractivity contribution in [1.29, 1.82) is 0 Å². The summed E-state index contributed by atoms with van der Waals surface area (Å²) in [5, 5.41) is 26.1. The van der Waals surface area contributed by atoms with Crippen LogP contribution in [0.5, 0.6) is 0 Å². The van der Waals surface area contributed by atoms with E-state index in [0.717, 1.165) is 0 Å². The number of carbonyl (C=O) groups is 1. The van der Waals surface area contributed by atoms with E-state index in [-0.39, 0.29) is 18.6 Å². The number of aromatic nitrogens is 2. The van der Waals surface area contributed by atoms with Crippen LogP contribution in [0.15, 0.2) is 20.8 Å². The second-order valence-electron chi connectivity index (χ2n) is 4.63. The van der Waals surface area contributed by atoms with Crippen LogP contribution in [-0.2, 0) is 4.74 Å². The molecule has 0 saturated carbocycles. The first kappa shape index (κ1) is 20.1. The van der Waals surface area contributed by atoms with Gasteiger partial charge in [-0.15, -0.1) is 0 Å². The highest BCUT2D eigenvalue weighted by Crippen LogP contribution is 2.27. The molecule has 11 nitrogen and oxygen atoms in total. The molecule has 0 bridgehead atoms. The highest BCUT2D eigenvalue weighted by Gasteiger charge is 2.35. The molecule has 0 aliphatic carbocycles. The Morgan fingerprint density at radius 2 is 2.21 bits per heavy atom. The predicted octanol–water partition coefficient (Wildman–Crippen LogP) is -1.41. The Morgan fingerprint density at radius 1 is 1.58 bits per heavy atom. The summed E-state index contributed by atoms with van der Waals surface area (Å²) < 4.78 is 6.56. The molecule has 0 spiro atoms. The van der Waals surface area contributed by atoms with Gasteiger partial charge < -0.3 is 20.7 Å². The zero-order chi connectivity index (χ0) is 18.3. The number of H-pyrrole nitrogens is 1. The molecule has 1 aromatic heterocycles. The average molecular weight is 409 g/mol. The summed E-state index contributed by atoms with van der Waals surface area (Å²) >= 11 is 3.05. The third kappa shape index (κ3) is 5.28. The second-order valence-corrected chi connectivity index (χ2v) is 5.16. The largest absolute Gasteiger partial charge is 0.394 e. The molecule has 2 amide bonds. The van der Waals surface area contributed by atoms with Gasteiger partial charge in [0.25, 0.3) is 5.56 Å². The average Bonchev–Trinajstić information content (AvgIpc) is 2.91. The van der Waals surface area contributed by atoms with Crippen molar-refractivity contribution in [2.45, 2.75) is 24.9 Å². The van der Waals surface area contributed by atoms with Gasteiger partial charge in [-0.1, -0.05) is 15.9 Å². The maximum absolute atomic E-state index is 11.7. The summed E-state index contributed by atoms with van der Waals surface area (Å²) in [6, 6.07) is -0.940. The van der Waals surface area contributed by atoms with E-state index in [0.29, 0.717) is 0 Å². The fourth-order valence-electron chi connectivity index (χ4n) is 1.95. The third-order valence-electron chi connectivity index (χ3n) is 3.04. The standard InChI is InChI=1S/C11H13BrN2O5.CH4N2O2/c12-2-1-6-4-14(11(18)13-10(6)17)9-3-7(16)8(5-15)19-9;2-1(4)3-5/h1-2,4,7-9,15-16H,3,5H2,(H,13,17,18);5H,(H3,2,3,4)/b2-1+;/t7-,8+,9+;/m0./s1. The van der Waals surface area contributed by atoms with Crippen LogP contribution in [-0.4, -0.2) is 49.8 Å². The van der Waals surface area contributed by atoms with Gasteiger partial charge in [0, 0.05) is 12.6 Å². The minimum absolute atomic E-state index is 0.175.